The molecule has 0 spiro atoms. The first-order valence-electron chi connectivity index (χ1n) is 6.31. The second-order valence-electron chi connectivity index (χ2n) is 4.55. The first-order chi connectivity index (χ1) is 8.81. The Morgan fingerprint density at radius 1 is 1.28 bits per heavy atom. The van der Waals surface area contributed by atoms with Crippen LogP contribution in [0.5, 0.6) is 0 Å². The lowest BCUT2D eigenvalue weighted by Gasteiger charge is -2.25. The van der Waals surface area contributed by atoms with Gasteiger partial charge in [0.1, 0.15) is 0 Å². The molecule has 0 saturated carbocycles. The van der Waals surface area contributed by atoms with E-state index < -0.39 is 0 Å². The molecule has 4 heteroatoms. The first kappa shape index (κ1) is 14.5. The van der Waals surface area contributed by atoms with E-state index in [1.54, 1.807) is 0 Å². The summed E-state index contributed by atoms with van der Waals surface area (Å²) >= 11 is 7.12. The highest BCUT2D eigenvalue weighted by molar-refractivity contribution is 9.10. The normalized spacial score (nSPS) is 18.8. The predicted molar refractivity (Wildman–Crippen MR) is 80.2 cm³/mol. The number of halogens is 2. The van der Waals surface area contributed by atoms with Gasteiger partial charge in [-0.05, 0) is 30.4 Å². The topological polar surface area (TPSA) is 18.5 Å². The van der Waals surface area contributed by atoms with Crippen LogP contribution < -0.4 is 0 Å². The molecule has 2 rings (SSSR count). The van der Waals surface area contributed by atoms with Crippen LogP contribution in [-0.2, 0) is 9.47 Å². The average Bonchev–Trinajstić information content (AvgIpc) is 2.42. The summed E-state index contributed by atoms with van der Waals surface area (Å²) in [7, 11) is 0. The number of benzene rings is 1. The Kier molecular flexibility index (Phi) is 6.15. The quantitative estimate of drug-likeness (QED) is 0.711. The Morgan fingerprint density at radius 2 is 2.00 bits per heavy atom. The molecular formula is C14H18Br2O2. The summed E-state index contributed by atoms with van der Waals surface area (Å²) in [6, 6.07) is 8.24. The van der Waals surface area contributed by atoms with Gasteiger partial charge >= 0.3 is 0 Å². The molecule has 0 bridgehead atoms. The third-order valence-electron chi connectivity index (χ3n) is 3.27. The number of alkyl halides is 1. The molecule has 0 N–H and O–H groups in total. The number of rotatable bonds is 5. The van der Waals surface area contributed by atoms with Crippen molar-refractivity contribution in [1.82, 2.24) is 0 Å². The molecule has 1 fully saturated rings. The van der Waals surface area contributed by atoms with Crippen molar-refractivity contribution in [3.8, 4) is 0 Å². The van der Waals surface area contributed by atoms with E-state index in [1.807, 2.05) is 12.1 Å². The Bertz CT molecular complexity index is 365. The molecule has 1 unspecified atom stereocenters. The summed E-state index contributed by atoms with van der Waals surface area (Å²) in [6.45, 7) is 2.57. The fourth-order valence-electron chi connectivity index (χ4n) is 2.12. The summed E-state index contributed by atoms with van der Waals surface area (Å²) in [6.07, 6.45) is 2.35. The molecule has 2 nitrogen and oxygen atoms in total. The van der Waals surface area contributed by atoms with Crippen LogP contribution in [-0.4, -0.2) is 25.2 Å². The van der Waals surface area contributed by atoms with Gasteiger partial charge in [0.05, 0.1) is 12.7 Å². The van der Waals surface area contributed by atoms with E-state index in [4.69, 9.17) is 9.47 Å². The highest BCUT2D eigenvalue weighted by Gasteiger charge is 2.18. The summed E-state index contributed by atoms with van der Waals surface area (Å²) in [5, 5.41) is 0.818. The molecule has 1 aliphatic rings. The van der Waals surface area contributed by atoms with Crippen LogP contribution in [0.1, 0.15) is 24.5 Å². The van der Waals surface area contributed by atoms with Gasteiger partial charge in [-0.1, -0.05) is 50.1 Å². The molecule has 1 heterocycles. The van der Waals surface area contributed by atoms with E-state index in [0.29, 0.717) is 5.92 Å². The maximum Gasteiger partial charge on any atom is 0.0932 e. The van der Waals surface area contributed by atoms with E-state index in [-0.39, 0.29) is 6.10 Å². The van der Waals surface area contributed by atoms with Crippen LogP contribution in [0.25, 0.3) is 0 Å². The van der Waals surface area contributed by atoms with E-state index >= 15 is 0 Å². The zero-order valence-electron chi connectivity index (χ0n) is 10.3. The van der Waals surface area contributed by atoms with Gasteiger partial charge in [-0.2, -0.15) is 0 Å². The Hall–Kier alpha value is 0.100. The molecule has 1 saturated heterocycles. The highest BCUT2D eigenvalue weighted by atomic mass is 79.9. The minimum Gasteiger partial charge on any atom is -0.381 e. The number of hydrogen-bond acceptors (Lipinski definition) is 2. The Balaban J connectivity index is 1.91. The lowest BCUT2D eigenvalue weighted by Crippen LogP contribution is -2.21. The van der Waals surface area contributed by atoms with Gasteiger partial charge in [-0.3, -0.25) is 0 Å². The maximum absolute atomic E-state index is 6.07. The van der Waals surface area contributed by atoms with Crippen molar-refractivity contribution in [2.24, 2.45) is 5.92 Å². The third kappa shape index (κ3) is 4.05. The fraction of sp³-hybridized carbons (Fsp3) is 0.571. The van der Waals surface area contributed by atoms with Crippen molar-refractivity contribution in [3.05, 3.63) is 34.3 Å². The van der Waals surface area contributed by atoms with Gasteiger partial charge in [0.2, 0.25) is 0 Å². The molecule has 1 atom stereocenters. The van der Waals surface area contributed by atoms with Crippen LogP contribution in [0, 0.1) is 5.92 Å². The van der Waals surface area contributed by atoms with Gasteiger partial charge < -0.3 is 9.47 Å². The summed E-state index contributed by atoms with van der Waals surface area (Å²) in [4.78, 5) is 0. The third-order valence-corrected chi connectivity index (χ3v) is 4.58. The van der Waals surface area contributed by atoms with Crippen molar-refractivity contribution >= 4 is 31.9 Å². The van der Waals surface area contributed by atoms with E-state index in [1.165, 1.54) is 5.56 Å². The SMILES string of the molecule is BrCC(OCC1CCOCC1)c1ccccc1Br. The molecule has 0 aromatic heterocycles. The van der Waals surface area contributed by atoms with Gasteiger partial charge in [0.15, 0.2) is 0 Å². The molecule has 1 aromatic rings. The van der Waals surface area contributed by atoms with E-state index in [2.05, 4.69) is 44.0 Å². The minimum absolute atomic E-state index is 0.114. The summed E-state index contributed by atoms with van der Waals surface area (Å²) in [5.74, 6) is 0.641. The van der Waals surface area contributed by atoms with Crippen LogP contribution in [0.3, 0.4) is 0 Å². The monoisotopic (exact) mass is 376 g/mol. The van der Waals surface area contributed by atoms with Crippen molar-refractivity contribution < 1.29 is 9.47 Å². The van der Waals surface area contributed by atoms with E-state index in [0.717, 1.165) is 42.5 Å². The van der Waals surface area contributed by atoms with E-state index in [9.17, 15) is 0 Å². The first-order valence-corrected chi connectivity index (χ1v) is 8.22. The zero-order chi connectivity index (χ0) is 12.8. The molecule has 100 valence electrons. The van der Waals surface area contributed by atoms with Crippen molar-refractivity contribution in [3.63, 3.8) is 0 Å². The highest BCUT2D eigenvalue weighted by Crippen LogP contribution is 2.28. The molecule has 1 aromatic carbocycles. The standard InChI is InChI=1S/C14H18Br2O2/c15-9-14(12-3-1-2-4-13(12)16)18-10-11-5-7-17-8-6-11/h1-4,11,14H,5-10H2. The molecule has 0 aliphatic carbocycles. The molecule has 1 aliphatic heterocycles. The minimum atomic E-state index is 0.114. The molecule has 18 heavy (non-hydrogen) atoms. The lowest BCUT2D eigenvalue weighted by atomic mass is 10.0. The number of ether oxygens (including phenoxy) is 2. The molecular weight excluding hydrogens is 360 g/mol. The van der Waals surface area contributed by atoms with Gasteiger partial charge in [0.25, 0.3) is 0 Å². The second-order valence-corrected chi connectivity index (χ2v) is 6.06. The number of hydrogen-bond donors (Lipinski definition) is 0. The summed E-state index contributed by atoms with van der Waals surface area (Å²) in [5.41, 5.74) is 1.21. The lowest BCUT2D eigenvalue weighted by molar-refractivity contribution is -0.00393. The molecule has 0 radical (unpaired) electrons. The van der Waals surface area contributed by atoms with Crippen LogP contribution >= 0.6 is 31.9 Å². The fourth-order valence-corrected chi connectivity index (χ4v) is 3.19. The average molecular weight is 378 g/mol. The van der Waals surface area contributed by atoms with Gasteiger partial charge in [-0.15, -0.1) is 0 Å². The Labute approximate surface area is 125 Å². The predicted octanol–water partition coefficient (Wildman–Crippen LogP) is 4.33. The summed E-state index contributed by atoms with van der Waals surface area (Å²) < 4.78 is 12.5. The van der Waals surface area contributed by atoms with Gasteiger partial charge in [-0.25, -0.2) is 0 Å². The van der Waals surface area contributed by atoms with Crippen LogP contribution in [0.15, 0.2) is 28.7 Å². The largest absolute Gasteiger partial charge is 0.381 e. The maximum atomic E-state index is 6.07. The second kappa shape index (κ2) is 7.63. The van der Waals surface area contributed by atoms with Crippen molar-refractivity contribution in [2.45, 2.75) is 18.9 Å². The molecule has 0 amide bonds. The van der Waals surface area contributed by atoms with Gasteiger partial charge in [0, 0.05) is 23.0 Å². The van der Waals surface area contributed by atoms with Crippen LogP contribution in [0.4, 0.5) is 0 Å². The zero-order valence-corrected chi connectivity index (χ0v) is 13.5. The van der Waals surface area contributed by atoms with Crippen LogP contribution in [0.2, 0.25) is 0 Å². The van der Waals surface area contributed by atoms with Crippen molar-refractivity contribution in [1.29, 1.82) is 0 Å². The van der Waals surface area contributed by atoms with Crippen molar-refractivity contribution in [2.75, 3.05) is 25.2 Å². The Morgan fingerprint density at radius 3 is 2.67 bits per heavy atom. The smallest absolute Gasteiger partial charge is 0.0932 e.